The van der Waals surface area contributed by atoms with Gasteiger partial charge in [0, 0.05) is 33.0 Å². The van der Waals surface area contributed by atoms with E-state index in [1.54, 1.807) is 0 Å². The monoisotopic (exact) mass is 750 g/mol. The number of benzene rings is 6. The predicted molar refractivity (Wildman–Crippen MR) is 236 cm³/mol. The second-order valence-electron chi connectivity index (χ2n) is 17.0. The Balaban J connectivity index is 1.12. The van der Waals surface area contributed by atoms with Gasteiger partial charge in [-0.25, -0.2) is 9.97 Å². The molecule has 0 bridgehead atoms. The number of nitrogens with zero attached hydrogens (tertiary/aromatic N) is 4. The molecule has 2 aromatic heterocycles. The van der Waals surface area contributed by atoms with Gasteiger partial charge in [-0.15, -0.1) is 0 Å². The zero-order valence-electron chi connectivity index (χ0n) is 32.8. The van der Waals surface area contributed by atoms with Crippen LogP contribution in [0, 0.1) is 35.0 Å². The van der Waals surface area contributed by atoms with Crippen LogP contribution in [0.15, 0.2) is 152 Å². The molecule has 3 saturated carbocycles. The van der Waals surface area contributed by atoms with Gasteiger partial charge in [0.15, 0.2) is 5.82 Å². The van der Waals surface area contributed by atoms with E-state index >= 15 is 0 Å². The third kappa shape index (κ3) is 5.87. The molecule has 4 heteroatoms. The second kappa shape index (κ2) is 14.6. The molecule has 8 aromatic rings. The molecule has 6 aromatic carbocycles. The minimum Gasteiger partial charge on any atom is -0.309 e. The summed E-state index contributed by atoms with van der Waals surface area (Å²) in [5.74, 6) is 4.74. The summed E-state index contributed by atoms with van der Waals surface area (Å²) in [6.07, 6.45) is 11.2. The Kier molecular flexibility index (Phi) is 8.77. The SMILES string of the molecule is N#Cc1cc(-n2c3ccccc3c3ccccc32)c(-c2ccc(C3C4CCCCC4C4CCCCC43)cc2)cc1-c1cc(-c2ccccc2)nc(-c2ccccc2)n1. The van der Waals surface area contributed by atoms with Crippen LogP contribution >= 0.6 is 0 Å². The zero-order chi connectivity index (χ0) is 38.6. The first kappa shape index (κ1) is 34.9. The minimum atomic E-state index is 0.576. The van der Waals surface area contributed by atoms with Gasteiger partial charge in [-0.3, -0.25) is 0 Å². The highest BCUT2D eigenvalue weighted by atomic mass is 15.0. The maximum Gasteiger partial charge on any atom is 0.160 e. The van der Waals surface area contributed by atoms with Crippen LogP contribution in [0.25, 0.3) is 72.5 Å². The van der Waals surface area contributed by atoms with Crippen molar-refractivity contribution in [2.75, 3.05) is 0 Å². The summed E-state index contributed by atoms with van der Waals surface area (Å²) in [6.45, 7) is 0. The fourth-order valence-electron chi connectivity index (χ4n) is 11.6. The van der Waals surface area contributed by atoms with Crippen LogP contribution in [0.4, 0.5) is 0 Å². The highest BCUT2D eigenvalue weighted by molar-refractivity contribution is 6.10. The van der Waals surface area contributed by atoms with E-state index in [0.717, 1.165) is 79.6 Å². The number of fused-ring (bicyclic) bond motifs is 6. The van der Waals surface area contributed by atoms with Crippen LogP contribution in [-0.4, -0.2) is 14.5 Å². The van der Waals surface area contributed by atoms with Crippen molar-refractivity contribution in [3.8, 4) is 56.8 Å². The lowest BCUT2D eigenvalue weighted by Crippen LogP contribution is -2.22. The molecule has 4 unspecified atom stereocenters. The molecule has 3 aliphatic rings. The van der Waals surface area contributed by atoms with Crippen LogP contribution in [0.3, 0.4) is 0 Å². The van der Waals surface area contributed by atoms with Crippen molar-refractivity contribution in [2.24, 2.45) is 23.7 Å². The van der Waals surface area contributed by atoms with E-state index in [-0.39, 0.29) is 0 Å². The Bertz CT molecular complexity index is 2700. The lowest BCUT2D eigenvalue weighted by molar-refractivity contribution is 0.184. The third-order valence-corrected chi connectivity index (χ3v) is 14.0. The molecule has 2 heterocycles. The van der Waals surface area contributed by atoms with Crippen molar-refractivity contribution < 1.29 is 0 Å². The molecule has 11 rings (SSSR count). The molecule has 4 atom stereocenters. The summed E-state index contributed by atoms with van der Waals surface area (Å²) >= 11 is 0. The molecule has 282 valence electrons. The molecule has 3 fully saturated rings. The van der Waals surface area contributed by atoms with E-state index in [0.29, 0.717) is 17.3 Å². The van der Waals surface area contributed by atoms with Crippen molar-refractivity contribution in [1.82, 2.24) is 14.5 Å². The number of para-hydroxylation sites is 2. The van der Waals surface area contributed by atoms with Gasteiger partial charge in [-0.05, 0) is 96.7 Å². The fourth-order valence-corrected chi connectivity index (χ4v) is 11.6. The fraction of sp³-hybridized carbons (Fsp3) is 0.241. The topological polar surface area (TPSA) is 54.5 Å². The van der Waals surface area contributed by atoms with Gasteiger partial charge in [-0.1, -0.05) is 147 Å². The first-order chi connectivity index (χ1) is 28.7. The minimum absolute atomic E-state index is 0.576. The summed E-state index contributed by atoms with van der Waals surface area (Å²) < 4.78 is 2.36. The van der Waals surface area contributed by atoms with Crippen molar-refractivity contribution in [3.63, 3.8) is 0 Å². The Morgan fingerprint density at radius 2 is 1.02 bits per heavy atom. The van der Waals surface area contributed by atoms with Gasteiger partial charge < -0.3 is 4.57 Å². The highest BCUT2D eigenvalue weighted by Crippen LogP contribution is 2.61. The standard InChI is InChI=1S/C54H46N4/c55-34-39-31-52(58-50-25-13-11-21-42(50)43-22-12-14-26-51(43)58)47(35-27-29-37(30-28-35)53-44-23-9-7-19-40(44)41-20-8-10-24-45(41)53)32-46(39)49-33-48(36-15-3-1-4-16-36)56-54(57-49)38-17-5-2-6-18-38/h1-6,11-18,21-22,25-33,40-41,44-45,53H,7-10,19-20,23-24H2. The Morgan fingerprint density at radius 3 is 1.62 bits per heavy atom. The van der Waals surface area contributed by atoms with E-state index in [1.165, 1.54) is 67.7 Å². The van der Waals surface area contributed by atoms with E-state index in [9.17, 15) is 5.26 Å². The molecule has 0 N–H and O–H groups in total. The first-order valence-corrected chi connectivity index (χ1v) is 21.4. The molecule has 0 saturated heterocycles. The quantitative estimate of drug-likeness (QED) is 0.170. The number of hydrogen-bond acceptors (Lipinski definition) is 3. The Labute approximate surface area is 340 Å². The van der Waals surface area contributed by atoms with Crippen LogP contribution in [0.5, 0.6) is 0 Å². The molecule has 0 radical (unpaired) electrons. The number of aromatic nitrogens is 3. The highest BCUT2D eigenvalue weighted by Gasteiger charge is 2.51. The van der Waals surface area contributed by atoms with Crippen LogP contribution in [0.2, 0.25) is 0 Å². The van der Waals surface area contributed by atoms with Crippen molar-refractivity contribution in [1.29, 1.82) is 5.26 Å². The maximum atomic E-state index is 11.0. The Hall–Kier alpha value is -6.31. The molecular formula is C54H46N4. The smallest absolute Gasteiger partial charge is 0.160 e. The van der Waals surface area contributed by atoms with Crippen LogP contribution < -0.4 is 0 Å². The van der Waals surface area contributed by atoms with Gasteiger partial charge in [0.1, 0.15) is 0 Å². The summed E-state index contributed by atoms with van der Waals surface area (Å²) in [5.41, 5.74) is 11.8. The summed E-state index contributed by atoms with van der Waals surface area (Å²) in [5, 5.41) is 13.4. The molecule has 4 nitrogen and oxygen atoms in total. The number of nitriles is 1. The average Bonchev–Trinajstić information content (AvgIpc) is 3.82. The van der Waals surface area contributed by atoms with Crippen molar-refractivity contribution in [3.05, 3.63) is 163 Å². The predicted octanol–water partition coefficient (Wildman–Crippen LogP) is 13.8. The normalized spacial score (nSPS) is 21.4. The molecule has 58 heavy (non-hydrogen) atoms. The van der Waals surface area contributed by atoms with Gasteiger partial charge in [0.2, 0.25) is 0 Å². The van der Waals surface area contributed by atoms with E-state index in [1.807, 2.05) is 54.6 Å². The van der Waals surface area contributed by atoms with E-state index < -0.39 is 0 Å². The summed E-state index contributed by atoms with van der Waals surface area (Å²) in [7, 11) is 0. The van der Waals surface area contributed by atoms with Crippen molar-refractivity contribution in [2.45, 2.75) is 57.3 Å². The maximum absolute atomic E-state index is 11.0. The molecule has 3 aliphatic carbocycles. The lowest BCUT2D eigenvalue weighted by atomic mass is 9.73. The molecule has 0 spiro atoms. The molecule has 0 aliphatic heterocycles. The molecule has 0 amide bonds. The number of rotatable bonds is 6. The van der Waals surface area contributed by atoms with Gasteiger partial charge in [-0.2, -0.15) is 5.26 Å². The number of hydrogen-bond donors (Lipinski definition) is 0. The third-order valence-electron chi connectivity index (χ3n) is 14.0. The van der Waals surface area contributed by atoms with E-state index in [2.05, 4.69) is 108 Å². The molecular weight excluding hydrogens is 705 g/mol. The van der Waals surface area contributed by atoms with Gasteiger partial charge in [0.05, 0.1) is 39.7 Å². The van der Waals surface area contributed by atoms with Gasteiger partial charge >= 0.3 is 0 Å². The van der Waals surface area contributed by atoms with Crippen LogP contribution in [0.1, 0.15) is 68.4 Å². The average molecular weight is 751 g/mol. The second-order valence-corrected chi connectivity index (χ2v) is 17.0. The summed E-state index contributed by atoms with van der Waals surface area (Å²) in [4.78, 5) is 10.3. The largest absolute Gasteiger partial charge is 0.309 e. The van der Waals surface area contributed by atoms with Crippen molar-refractivity contribution >= 4 is 21.8 Å². The van der Waals surface area contributed by atoms with Gasteiger partial charge in [0.25, 0.3) is 0 Å². The van der Waals surface area contributed by atoms with E-state index in [4.69, 9.17) is 9.97 Å². The summed E-state index contributed by atoms with van der Waals surface area (Å²) in [6, 6.07) is 56.3. The first-order valence-electron chi connectivity index (χ1n) is 21.4. The Morgan fingerprint density at radius 1 is 0.483 bits per heavy atom. The zero-order valence-corrected chi connectivity index (χ0v) is 32.8. The lowest BCUT2D eigenvalue weighted by Gasteiger charge is -2.32. The van der Waals surface area contributed by atoms with Crippen LogP contribution in [-0.2, 0) is 0 Å².